The monoisotopic (exact) mass is 382 g/mol. The van der Waals surface area contributed by atoms with Crippen LogP contribution < -0.4 is 0 Å². The van der Waals surface area contributed by atoms with E-state index in [1.807, 2.05) is 0 Å². The summed E-state index contributed by atoms with van der Waals surface area (Å²) < 4.78 is 0. The number of benzene rings is 2. The van der Waals surface area contributed by atoms with Gasteiger partial charge in [-0.2, -0.15) is 0 Å². The quantitative estimate of drug-likeness (QED) is 0.310. The molecule has 0 aromatic heterocycles. The van der Waals surface area contributed by atoms with E-state index in [9.17, 15) is 5.11 Å². The molecule has 0 amide bonds. The minimum absolute atomic E-state index is 0.464. The van der Waals surface area contributed by atoms with Gasteiger partial charge in [0.05, 0.1) is 14.2 Å². The summed E-state index contributed by atoms with van der Waals surface area (Å²) in [6.45, 7) is 9.26. The molecule has 0 radical (unpaired) electrons. The molecule has 148 valence electrons. The predicted molar refractivity (Wildman–Crippen MR) is 123 cm³/mol. The molecule has 0 saturated heterocycles. The lowest BCUT2D eigenvalue weighted by Gasteiger charge is -2.35. The molecule has 1 N–H and O–H groups in total. The van der Waals surface area contributed by atoms with Gasteiger partial charge in [0.15, 0.2) is 0 Å². The highest BCUT2D eigenvalue weighted by Crippen LogP contribution is 2.39. The summed E-state index contributed by atoms with van der Waals surface area (Å²) in [6, 6.07) is 18.4. The van der Waals surface area contributed by atoms with Gasteiger partial charge in [-0.15, -0.1) is 0 Å². The number of fused-ring (bicyclic) bond motifs is 1. The topological polar surface area (TPSA) is 20.2 Å². The highest BCUT2D eigenvalue weighted by molar-refractivity contribution is 6.86. The highest BCUT2D eigenvalue weighted by Gasteiger charge is 2.35. The van der Waals surface area contributed by atoms with Gasteiger partial charge in [-0.3, -0.25) is 0 Å². The van der Waals surface area contributed by atoms with Crippen molar-refractivity contribution in [1.82, 2.24) is 0 Å². The van der Waals surface area contributed by atoms with Crippen molar-refractivity contribution in [2.24, 2.45) is 0 Å². The Hall–Kier alpha value is -1.38. The lowest BCUT2D eigenvalue weighted by molar-refractivity contribution is 0.223. The number of hydrogen-bond acceptors (Lipinski definition) is 1. The molecule has 2 aromatic carbocycles. The minimum atomic E-state index is -1.64. The molecule has 27 heavy (non-hydrogen) atoms. The second-order valence-corrected chi connectivity index (χ2v) is 13.1. The van der Waals surface area contributed by atoms with Gasteiger partial charge in [0.25, 0.3) is 0 Å². The van der Waals surface area contributed by atoms with Crippen molar-refractivity contribution in [2.45, 2.75) is 84.0 Å². The van der Waals surface area contributed by atoms with Crippen LogP contribution in [0.2, 0.25) is 18.1 Å². The number of hydrogen-bond donors (Lipinski definition) is 1. The van der Waals surface area contributed by atoms with Crippen LogP contribution in [0.1, 0.15) is 71.5 Å². The second kappa shape index (κ2) is 10.8. The molecule has 0 fully saturated rings. The van der Waals surface area contributed by atoms with Crippen LogP contribution in [0.15, 0.2) is 53.7 Å². The molecule has 0 aliphatic rings. The fraction of sp³-hybridized carbons (Fsp3) is 0.520. The summed E-state index contributed by atoms with van der Waals surface area (Å²) in [7, 11) is -1.64. The molecule has 0 aliphatic carbocycles. The van der Waals surface area contributed by atoms with Crippen molar-refractivity contribution in [3.05, 3.63) is 59.3 Å². The SMILES string of the molecule is CCCCCC/C=C(/C(O)c1cccc2ccccc12)[Si](CC)(CC)CC. The summed E-state index contributed by atoms with van der Waals surface area (Å²) in [4.78, 5) is 0. The Morgan fingerprint density at radius 2 is 1.56 bits per heavy atom. The van der Waals surface area contributed by atoms with Gasteiger partial charge < -0.3 is 5.11 Å². The number of aliphatic hydroxyl groups excluding tert-OH is 1. The maximum Gasteiger partial charge on any atom is 0.0972 e. The first-order chi connectivity index (χ1) is 13.1. The number of allylic oxidation sites excluding steroid dienone is 1. The lowest BCUT2D eigenvalue weighted by Crippen LogP contribution is -2.37. The van der Waals surface area contributed by atoms with E-state index in [2.05, 4.69) is 76.2 Å². The largest absolute Gasteiger partial charge is 0.384 e. The smallest absolute Gasteiger partial charge is 0.0972 e. The highest BCUT2D eigenvalue weighted by atomic mass is 28.3. The van der Waals surface area contributed by atoms with Gasteiger partial charge in [0, 0.05) is 0 Å². The van der Waals surface area contributed by atoms with Gasteiger partial charge >= 0.3 is 0 Å². The molecule has 2 aromatic rings. The number of aliphatic hydroxyl groups is 1. The third-order valence-electron chi connectivity index (χ3n) is 6.48. The van der Waals surface area contributed by atoms with E-state index in [1.54, 1.807) is 0 Å². The van der Waals surface area contributed by atoms with Crippen molar-refractivity contribution >= 4 is 18.8 Å². The molecule has 0 aliphatic heterocycles. The Morgan fingerprint density at radius 3 is 2.22 bits per heavy atom. The van der Waals surface area contributed by atoms with E-state index in [-0.39, 0.29) is 0 Å². The first kappa shape index (κ1) is 21.9. The molecule has 2 rings (SSSR count). The third kappa shape index (κ3) is 5.11. The average molecular weight is 383 g/mol. The summed E-state index contributed by atoms with van der Waals surface area (Å²) >= 11 is 0. The maximum atomic E-state index is 11.6. The van der Waals surface area contributed by atoms with E-state index in [0.29, 0.717) is 0 Å². The number of rotatable bonds is 11. The Labute approximate surface area is 167 Å². The Balaban J connectivity index is 2.43. The van der Waals surface area contributed by atoms with E-state index in [1.165, 1.54) is 59.8 Å². The first-order valence-electron chi connectivity index (χ1n) is 11.0. The molecule has 1 unspecified atom stereocenters. The second-order valence-electron chi connectivity index (χ2n) is 7.82. The van der Waals surface area contributed by atoms with E-state index >= 15 is 0 Å². The van der Waals surface area contributed by atoms with Crippen LogP contribution in [0.5, 0.6) is 0 Å². The molecule has 2 heteroatoms. The molecule has 0 saturated carbocycles. The van der Waals surface area contributed by atoms with Crippen LogP contribution in [-0.4, -0.2) is 13.2 Å². The Bertz CT molecular complexity index is 716. The standard InChI is InChI=1S/C25H38OSi/c1-5-9-10-11-12-20-24(27(6-2,7-3)8-4)25(26)23-19-15-17-21-16-13-14-18-22(21)23/h13-20,25-26H,5-12H2,1-4H3/b24-20-. The average Bonchev–Trinajstić information content (AvgIpc) is 2.72. The number of unbranched alkanes of at least 4 members (excludes halogenated alkanes) is 4. The van der Waals surface area contributed by atoms with Crippen molar-refractivity contribution in [3.8, 4) is 0 Å². The first-order valence-corrected chi connectivity index (χ1v) is 13.6. The Morgan fingerprint density at radius 1 is 0.889 bits per heavy atom. The molecule has 0 heterocycles. The normalized spacial score (nSPS) is 13.9. The van der Waals surface area contributed by atoms with Crippen LogP contribution in [0, 0.1) is 0 Å². The van der Waals surface area contributed by atoms with Gasteiger partial charge in [0.2, 0.25) is 0 Å². The minimum Gasteiger partial charge on any atom is -0.384 e. The summed E-state index contributed by atoms with van der Waals surface area (Å²) in [5.74, 6) is 0. The Kier molecular flexibility index (Phi) is 8.78. The summed E-state index contributed by atoms with van der Waals surface area (Å²) in [5.41, 5.74) is 1.08. The molecular weight excluding hydrogens is 344 g/mol. The van der Waals surface area contributed by atoms with Crippen molar-refractivity contribution in [1.29, 1.82) is 0 Å². The van der Waals surface area contributed by atoms with E-state index < -0.39 is 14.2 Å². The van der Waals surface area contributed by atoms with Gasteiger partial charge in [-0.05, 0) is 29.2 Å². The van der Waals surface area contributed by atoms with E-state index in [0.717, 1.165) is 12.0 Å². The molecular formula is C25H38OSi. The van der Waals surface area contributed by atoms with Gasteiger partial charge in [-0.1, -0.05) is 119 Å². The van der Waals surface area contributed by atoms with Gasteiger partial charge in [-0.25, -0.2) is 0 Å². The van der Waals surface area contributed by atoms with Crippen molar-refractivity contribution in [2.75, 3.05) is 0 Å². The molecule has 1 nitrogen and oxygen atoms in total. The van der Waals surface area contributed by atoms with Crippen LogP contribution in [0.3, 0.4) is 0 Å². The predicted octanol–water partition coefficient (Wildman–Crippen LogP) is 7.82. The zero-order chi connectivity index (χ0) is 19.7. The summed E-state index contributed by atoms with van der Waals surface area (Å²) in [6.07, 6.45) is 8.19. The maximum absolute atomic E-state index is 11.6. The van der Waals surface area contributed by atoms with E-state index in [4.69, 9.17) is 0 Å². The molecule has 0 bridgehead atoms. The third-order valence-corrected chi connectivity index (χ3v) is 12.2. The van der Waals surface area contributed by atoms with Gasteiger partial charge in [0.1, 0.15) is 0 Å². The van der Waals surface area contributed by atoms with Crippen LogP contribution in [0.25, 0.3) is 10.8 Å². The van der Waals surface area contributed by atoms with Crippen molar-refractivity contribution in [3.63, 3.8) is 0 Å². The van der Waals surface area contributed by atoms with Crippen molar-refractivity contribution < 1.29 is 5.11 Å². The van der Waals surface area contributed by atoms with Crippen LogP contribution in [0.4, 0.5) is 0 Å². The molecule has 1 atom stereocenters. The summed E-state index contributed by atoms with van der Waals surface area (Å²) in [5, 5.41) is 15.4. The zero-order valence-corrected chi connectivity index (χ0v) is 18.8. The zero-order valence-electron chi connectivity index (χ0n) is 17.8. The van der Waals surface area contributed by atoms with Crippen LogP contribution >= 0.6 is 0 Å². The fourth-order valence-corrected chi connectivity index (χ4v) is 8.50. The van der Waals surface area contributed by atoms with Crippen LogP contribution in [-0.2, 0) is 0 Å². The lowest BCUT2D eigenvalue weighted by atomic mass is 9.99. The fourth-order valence-electron chi connectivity index (χ4n) is 4.47. The molecule has 0 spiro atoms.